The number of benzene rings is 1. The molecule has 3 aromatic rings. The summed E-state index contributed by atoms with van der Waals surface area (Å²) in [5, 5.41) is 3.15. The van der Waals surface area contributed by atoms with Crippen LogP contribution in [0.2, 0.25) is 0 Å². The molecule has 3 heterocycles. The molecule has 0 radical (unpaired) electrons. The lowest BCUT2D eigenvalue weighted by atomic mass is 10.2. The number of pyridine rings is 1. The lowest BCUT2D eigenvalue weighted by molar-refractivity contribution is 0.315. The van der Waals surface area contributed by atoms with Gasteiger partial charge in [0, 0.05) is 53.1 Å². The third-order valence-electron chi connectivity index (χ3n) is 5.03. The van der Waals surface area contributed by atoms with Gasteiger partial charge in [0.15, 0.2) is 0 Å². The van der Waals surface area contributed by atoms with Crippen LogP contribution in [-0.2, 0) is 0 Å². The third kappa shape index (κ3) is 4.80. The van der Waals surface area contributed by atoms with Crippen LogP contribution in [-0.4, -0.2) is 53.1 Å². The van der Waals surface area contributed by atoms with Crippen molar-refractivity contribution in [1.29, 1.82) is 0 Å². The maximum atomic E-state index is 14.6. The lowest BCUT2D eigenvalue weighted by Crippen LogP contribution is -2.31. The fraction of sp³-hybridized carbons (Fsp3) is 0.286. The van der Waals surface area contributed by atoms with Crippen LogP contribution in [0.15, 0.2) is 58.6 Å². The number of rotatable bonds is 6. The number of nitrogens with zero attached hydrogens (tertiary/aromatic N) is 5. The first-order valence-electron chi connectivity index (χ1n) is 9.68. The van der Waals surface area contributed by atoms with Crippen molar-refractivity contribution in [3.05, 3.63) is 54.6 Å². The monoisotopic (exact) mass is 425 g/mol. The molecule has 0 amide bonds. The molecule has 30 heavy (non-hydrogen) atoms. The second kappa shape index (κ2) is 8.85. The molecule has 9 heteroatoms. The van der Waals surface area contributed by atoms with E-state index in [1.807, 2.05) is 24.3 Å². The maximum Gasteiger partial charge on any atom is 0.223 e. The summed E-state index contributed by atoms with van der Waals surface area (Å²) in [6.45, 7) is 1.80. The Morgan fingerprint density at radius 1 is 1.17 bits per heavy atom. The first-order valence-corrected chi connectivity index (χ1v) is 10.5. The largest absolute Gasteiger partial charge is 0.368 e. The van der Waals surface area contributed by atoms with E-state index >= 15 is 0 Å². The smallest absolute Gasteiger partial charge is 0.223 e. The molecule has 156 valence electrons. The van der Waals surface area contributed by atoms with Crippen molar-refractivity contribution in [3.63, 3.8) is 0 Å². The Kier molecular flexibility index (Phi) is 6.01. The molecule has 1 aliphatic heterocycles. The number of likely N-dealkylation sites (N-methyl/N-ethyl adjacent to an activating group) is 1. The van der Waals surface area contributed by atoms with Crippen molar-refractivity contribution < 1.29 is 4.39 Å². The van der Waals surface area contributed by atoms with Crippen molar-refractivity contribution >= 4 is 35.0 Å². The minimum absolute atomic E-state index is 0.189. The highest BCUT2D eigenvalue weighted by Gasteiger charge is 2.25. The van der Waals surface area contributed by atoms with Crippen molar-refractivity contribution in [1.82, 2.24) is 19.9 Å². The Morgan fingerprint density at radius 2 is 1.97 bits per heavy atom. The molecule has 1 unspecified atom stereocenters. The van der Waals surface area contributed by atoms with E-state index in [2.05, 4.69) is 44.2 Å². The van der Waals surface area contributed by atoms with E-state index in [0.717, 1.165) is 30.2 Å². The summed E-state index contributed by atoms with van der Waals surface area (Å²) in [6.07, 6.45) is 4.45. The summed E-state index contributed by atoms with van der Waals surface area (Å²) in [6, 6.07) is 11.1. The first-order chi connectivity index (χ1) is 14.5. The van der Waals surface area contributed by atoms with Crippen LogP contribution in [0.3, 0.4) is 0 Å². The quantitative estimate of drug-likeness (QED) is 0.620. The van der Waals surface area contributed by atoms with Gasteiger partial charge in [-0.1, -0.05) is 11.8 Å². The summed E-state index contributed by atoms with van der Waals surface area (Å²) in [5.41, 5.74) is 6.53. The zero-order chi connectivity index (χ0) is 21.1. The Hall–Kier alpha value is -2.91. The molecule has 0 spiro atoms. The van der Waals surface area contributed by atoms with Gasteiger partial charge in [0.25, 0.3) is 0 Å². The molecule has 1 saturated heterocycles. The Balaban J connectivity index is 1.49. The van der Waals surface area contributed by atoms with Gasteiger partial charge in [-0.2, -0.15) is 9.97 Å². The highest BCUT2D eigenvalue weighted by molar-refractivity contribution is 7.99. The second-order valence-electron chi connectivity index (χ2n) is 7.38. The van der Waals surface area contributed by atoms with E-state index < -0.39 is 0 Å². The van der Waals surface area contributed by atoms with Gasteiger partial charge in [0.05, 0.1) is 0 Å². The van der Waals surface area contributed by atoms with Crippen LogP contribution in [0.1, 0.15) is 6.42 Å². The number of halogens is 1. The van der Waals surface area contributed by atoms with Gasteiger partial charge < -0.3 is 20.9 Å². The number of hydrogen-bond donors (Lipinski definition) is 2. The van der Waals surface area contributed by atoms with E-state index in [9.17, 15) is 4.39 Å². The number of nitrogen functional groups attached to an aromatic ring is 1. The van der Waals surface area contributed by atoms with Gasteiger partial charge in [-0.3, -0.25) is 4.98 Å². The Bertz CT molecular complexity index is 1020. The molecule has 1 aromatic carbocycles. The third-order valence-corrected chi connectivity index (χ3v) is 6.09. The molecule has 7 nitrogen and oxygen atoms in total. The summed E-state index contributed by atoms with van der Waals surface area (Å²) in [5.74, 6) is 1.20. The fourth-order valence-corrected chi connectivity index (χ4v) is 4.20. The van der Waals surface area contributed by atoms with Gasteiger partial charge in [0.2, 0.25) is 5.95 Å². The summed E-state index contributed by atoms with van der Waals surface area (Å²) in [4.78, 5) is 18.5. The number of nitrogens with two attached hydrogens (primary N) is 1. The van der Waals surface area contributed by atoms with Crippen molar-refractivity contribution in [2.75, 3.05) is 43.1 Å². The average molecular weight is 426 g/mol. The van der Waals surface area contributed by atoms with E-state index in [1.54, 1.807) is 18.5 Å². The van der Waals surface area contributed by atoms with Crippen molar-refractivity contribution in [2.24, 2.45) is 0 Å². The summed E-state index contributed by atoms with van der Waals surface area (Å²) in [7, 11) is 4.17. The zero-order valence-electron chi connectivity index (χ0n) is 16.9. The van der Waals surface area contributed by atoms with Crippen molar-refractivity contribution in [2.45, 2.75) is 22.3 Å². The molecule has 0 saturated carbocycles. The van der Waals surface area contributed by atoms with E-state index in [0.29, 0.717) is 22.4 Å². The van der Waals surface area contributed by atoms with Crippen LogP contribution in [0.5, 0.6) is 0 Å². The number of aromatic nitrogens is 3. The lowest BCUT2D eigenvalue weighted by Gasteiger charge is -2.21. The predicted octanol–water partition coefficient (Wildman–Crippen LogP) is 3.63. The topological polar surface area (TPSA) is 83.2 Å². The van der Waals surface area contributed by atoms with Crippen LogP contribution in [0.4, 0.5) is 27.7 Å². The average Bonchev–Trinajstić information content (AvgIpc) is 3.21. The highest BCUT2D eigenvalue weighted by atomic mass is 32.2. The summed E-state index contributed by atoms with van der Waals surface area (Å²) < 4.78 is 14.6. The Labute approximate surface area is 179 Å². The van der Waals surface area contributed by atoms with Crippen LogP contribution in [0, 0.1) is 5.82 Å². The number of hydrogen-bond acceptors (Lipinski definition) is 8. The minimum Gasteiger partial charge on any atom is -0.368 e. The molecule has 0 aliphatic carbocycles. The fourth-order valence-electron chi connectivity index (χ4n) is 3.39. The van der Waals surface area contributed by atoms with Crippen LogP contribution < -0.4 is 16.0 Å². The highest BCUT2D eigenvalue weighted by Crippen LogP contribution is 2.32. The molecular weight excluding hydrogens is 401 g/mol. The first kappa shape index (κ1) is 20.4. The SMILES string of the molecule is CN(C)C1CCN(c2cc(Nc3ccc(Sc4ccncc4)c(F)c3)nc(N)n2)C1. The van der Waals surface area contributed by atoms with Gasteiger partial charge in [0.1, 0.15) is 17.5 Å². The molecular formula is C21H24FN7S. The van der Waals surface area contributed by atoms with Crippen LogP contribution >= 0.6 is 11.8 Å². The normalized spacial score (nSPS) is 16.3. The standard InChI is InChI=1S/C21H24FN7S/c1-28(2)15-7-10-29(13-15)20-12-19(26-21(23)27-20)25-14-3-4-18(17(22)11-14)30-16-5-8-24-9-6-16/h3-6,8-9,11-12,15H,7,10,13H2,1-2H3,(H3,23,25,26,27). The minimum atomic E-state index is -0.308. The Morgan fingerprint density at radius 3 is 2.67 bits per heavy atom. The van der Waals surface area contributed by atoms with Crippen LogP contribution in [0.25, 0.3) is 0 Å². The second-order valence-corrected chi connectivity index (χ2v) is 8.49. The molecule has 1 fully saturated rings. The predicted molar refractivity (Wildman–Crippen MR) is 119 cm³/mol. The van der Waals surface area contributed by atoms with E-state index in [4.69, 9.17) is 5.73 Å². The van der Waals surface area contributed by atoms with Gasteiger partial charge in [-0.15, -0.1) is 0 Å². The molecule has 1 aliphatic rings. The maximum absolute atomic E-state index is 14.6. The molecule has 3 N–H and O–H groups in total. The van der Waals surface area contributed by atoms with Crippen molar-refractivity contribution in [3.8, 4) is 0 Å². The molecule has 1 atom stereocenters. The van der Waals surface area contributed by atoms with Gasteiger partial charge in [-0.25, -0.2) is 4.39 Å². The molecule has 4 rings (SSSR count). The zero-order valence-corrected chi connectivity index (χ0v) is 17.7. The van der Waals surface area contributed by atoms with E-state index in [1.165, 1.54) is 17.8 Å². The number of anilines is 4. The molecule has 0 bridgehead atoms. The van der Waals surface area contributed by atoms with Gasteiger partial charge >= 0.3 is 0 Å². The summed E-state index contributed by atoms with van der Waals surface area (Å²) >= 11 is 1.35. The molecule has 2 aromatic heterocycles. The van der Waals surface area contributed by atoms with Gasteiger partial charge in [-0.05, 0) is 50.8 Å². The van der Waals surface area contributed by atoms with E-state index in [-0.39, 0.29) is 11.8 Å². The number of nitrogens with one attached hydrogen (secondary N) is 1.